The van der Waals surface area contributed by atoms with Crippen LogP contribution in [0, 0.1) is 10.8 Å². The Bertz CT molecular complexity index is 1130. The van der Waals surface area contributed by atoms with Gasteiger partial charge in [0.15, 0.2) is 16.6 Å². The molecule has 2 atom stereocenters. The third kappa shape index (κ3) is 13.8. The Morgan fingerprint density at radius 2 is 1.31 bits per heavy atom. The van der Waals surface area contributed by atoms with E-state index in [2.05, 4.69) is 102 Å². The van der Waals surface area contributed by atoms with Crippen molar-refractivity contribution in [2.75, 3.05) is 52.6 Å². The van der Waals surface area contributed by atoms with Crippen molar-refractivity contribution in [2.24, 2.45) is 10.8 Å². The van der Waals surface area contributed by atoms with E-state index in [0.29, 0.717) is 39.5 Å². The van der Waals surface area contributed by atoms with E-state index in [4.69, 9.17) is 28.2 Å². The predicted molar refractivity (Wildman–Crippen MR) is 202 cm³/mol. The summed E-state index contributed by atoms with van der Waals surface area (Å²) in [6.45, 7) is 31.5. The number of esters is 2. The first-order chi connectivity index (χ1) is 22.2. The molecule has 5 N–H and O–H groups in total. The molecular weight excluding hydrogens is 659 g/mol. The summed E-state index contributed by atoms with van der Waals surface area (Å²) in [6, 6.07) is 10.4. The van der Waals surface area contributed by atoms with Gasteiger partial charge < -0.3 is 34.9 Å². The molecule has 2 aliphatic heterocycles. The summed E-state index contributed by atoms with van der Waals surface area (Å²) in [5.41, 5.74) is 0.253. The molecule has 1 aromatic carbocycles. The van der Waals surface area contributed by atoms with Gasteiger partial charge in [0.1, 0.15) is 10.8 Å². The summed E-state index contributed by atoms with van der Waals surface area (Å²) in [5, 5.41) is 10.4. The van der Waals surface area contributed by atoms with Crippen LogP contribution in [0.4, 0.5) is 0 Å². The second kappa shape index (κ2) is 20.0. The number of benzene rings is 1. The Morgan fingerprint density at radius 1 is 0.857 bits per heavy atom. The molecule has 0 spiro atoms. The van der Waals surface area contributed by atoms with Gasteiger partial charge in [-0.15, -0.1) is 0 Å². The maximum absolute atomic E-state index is 12.8. The molecule has 2 unspecified atom stereocenters. The molecule has 11 nitrogen and oxygen atoms in total. The third-order valence-electron chi connectivity index (χ3n) is 10.4. The first-order valence-corrected chi connectivity index (χ1v) is 23.1. The van der Waals surface area contributed by atoms with Gasteiger partial charge in [-0.25, -0.2) is 0 Å². The zero-order valence-corrected chi connectivity index (χ0v) is 34.7. The van der Waals surface area contributed by atoms with E-state index in [9.17, 15) is 9.59 Å². The van der Waals surface area contributed by atoms with Crippen LogP contribution in [0.1, 0.15) is 73.8 Å². The van der Waals surface area contributed by atoms with Crippen LogP contribution in [-0.2, 0) is 39.3 Å². The molecule has 49 heavy (non-hydrogen) atoms. The van der Waals surface area contributed by atoms with E-state index in [0.717, 1.165) is 32.5 Å². The molecule has 13 heteroatoms. The van der Waals surface area contributed by atoms with E-state index in [1.807, 2.05) is 19.9 Å². The number of ether oxygens (including phenoxy) is 2. The Hall–Kier alpha value is -2.14. The Labute approximate surface area is 299 Å². The number of hydrogen-bond donors (Lipinski definition) is 3. The fourth-order valence-corrected chi connectivity index (χ4v) is 7.16. The normalized spacial score (nSPS) is 21.3. The molecule has 2 fully saturated rings. The highest BCUT2D eigenvalue weighted by atomic mass is 28.4. The molecule has 0 aromatic heterocycles. The Kier molecular flexibility index (Phi) is 19.2. The first kappa shape index (κ1) is 46.9. The van der Waals surface area contributed by atoms with Gasteiger partial charge in [0.05, 0.1) is 26.4 Å². The molecule has 0 aliphatic carbocycles. The van der Waals surface area contributed by atoms with Crippen molar-refractivity contribution in [1.82, 2.24) is 16.4 Å². The topological polar surface area (TPSA) is 159 Å². The Morgan fingerprint density at radius 3 is 1.71 bits per heavy atom. The highest BCUT2D eigenvalue weighted by Gasteiger charge is 2.49. The number of rotatable bonds is 12. The largest absolute Gasteiger partial charge is 0.483 e. The number of likely N-dealkylation sites (tertiary alicyclic amines) is 1. The summed E-state index contributed by atoms with van der Waals surface area (Å²) in [5.74, 6) is -0.215. The highest BCUT2D eigenvalue weighted by molar-refractivity contribution is 6.74. The minimum atomic E-state index is -1.91. The number of hydrogen-bond acceptors (Lipinski definition) is 10. The Balaban J connectivity index is 0.000000888. The highest BCUT2D eigenvalue weighted by Crippen LogP contribution is 2.41. The molecular formula is C36H69N3O8Si2. The second-order valence-electron chi connectivity index (χ2n) is 16.1. The number of nitrogens with zero attached hydrogens (tertiary/aromatic N) is 1. The minimum absolute atomic E-state index is 0. The van der Waals surface area contributed by atoms with E-state index in [1.165, 1.54) is 5.56 Å². The van der Waals surface area contributed by atoms with Gasteiger partial charge in [-0.2, -0.15) is 0 Å². The van der Waals surface area contributed by atoms with Gasteiger partial charge in [-0.05, 0) is 81.6 Å². The minimum Gasteiger partial charge on any atom is -0.483 e. The SMILES string of the molecule is CCOC(=O)C1(CO[Si](C)(C)C(C)(C)C)CCN(Cc2ccccc2)C1.CCOC(=O)C1(CO[Si](C)(C)C(C)(C)C)CCNC1.N.O=CO. The molecule has 1 aromatic rings. The molecule has 2 aliphatic rings. The van der Waals surface area contributed by atoms with Crippen LogP contribution >= 0.6 is 0 Å². The van der Waals surface area contributed by atoms with Crippen LogP contribution in [0.3, 0.4) is 0 Å². The standard InChI is InChI=1S/C21H35NO3Si.C14H29NO3Si.CH2O2.H3N/c1-7-24-19(23)21(17-25-26(5,6)20(2,3)4)13-14-22(16-21)15-18-11-9-8-10-12-18;1-7-17-12(16)14(8-9-15-10-14)11-18-19(5,6)13(2,3)4;2-1-3;/h8-12H,7,13-17H2,1-6H3;15H,7-11H2,1-6H3;1H,(H,2,3);1H3. The summed E-state index contributed by atoms with van der Waals surface area (Å²) < 4.78 is 23.4. The van der Waals surface area contributed by atoms with E-state index >= 15 is 0 Å². The molecule has 2 heterocycles. The van der Waals surface area contributed by atoms with Crippen LogP contribution in [-0.4, -0.2) is 97.7 Å². The molecule has 0 amide bonds. The van der Waals surface area contributed by atoms with Gasteiger partial charge in [-0.3, -0.25) is 19.3 Å². The number of carbonyl (C=O) groups is 3. The van der Waals surface area contributed by atoms with Gasteiger partial charge in [0.25, 0.3) is 6.47 Å². The quantitative estimate of drug-likeness (QED) is 0.117. The van der Waals surface area contributed by atoms with Gasteiger partial charge in [0.2, 0.25) is 0 Å². The zero-order valence-electron chi connectivity index (χ0n) is 32.7. The second-order valence-corrected chi connectivity index (χ2v) is 25.7. The van der Waals surface area contributed by atoms with Crippen molar-refractivity contribution in [1.29, 1.82) is 0 Å². The maximum Gasteiger partial charge on any atom is 0.315 e. The lowest BCUT2D eigenvalue weighted by molar-refractivity contribution is -0.157. The maximum atomic E-state index is 12.8. The van der Waals surface area contributed by atoms with E-state index in [1.54, 1.807) is 0 Å². The number of carbonyl (C=O) groups excluding carboxylic acids is 2. The van der Waals surface area contributed by atoms with Crippen LogP contribution in [0.5, 0.6) is 0 Å². The van der Waals surface area contributed by atoms with Crippen molar-refractivity contribution in [3.8, 4) is 0 Å². The summed E-state index contributed by atoms with van der Waals surface area (Å²) in [4.78, 5) is 35.7. The lowest BCUT2D eigenvalue weighted by Crippen LogP contribution is -2.47. The van der Waals surface area contributed by atoms with Crippen molar-refractivity contribution in [3.05, 3.63) is 35.9 Å². The fourth-order valence-electron chi connectivity index (χ4n) is 5.02. The smallest absolute Gasteiger partial charge is 0.315 e. The van der Waals surface area contributed by atoms with Crippen LogP contribution < -0.4 is 11.5 Å². The molecule has 284 valence electrons. The van der Waals surface area contributed by atoms with Crippen LogP contribution in [0.15, 0.2) is 30.3 Å². The molecule has 0 radical (unpaired) electrons. The van der Waals surface area contributed by atoms with E-state index < -0.39 is 27.5 Å². The summed E-state index contributed by atoms with van der Waals surface area (Å²) >= 11 is 0. The first-order valence-electron chi connectivity index (χ1n) is 17.3. The van der Waals surface area contributed by atoms with Gasteiger partial charge >= 0.3 is 11.9 Å². The summed E-state index contributed by atoms with van der Waals surface area (Å²) in [7, 11) is -3.73. The van der Waals surface area contributed by atoms with E-state index in [-0.39, 0.29) is 34.6 Å². The summed E-state index contributed by atoms with van der Waals surface area (Å²) in [6.07, 6.45) is 1.60. The monoisotopic (exact) mass is 727 g/mol. The average molecular weight is 728 g/mol. The van der Waals surface area contributed by atoms with Crippen LogP contribution in [0.25, 0.3) is 0 Å². The molecule has 0 saturated carbocycles. The lowest BCUT2D eigenvalue weighted by Gasteiger charge is -2.39. The van der Waals surface area contributed by atoms with Crippen molar-refractivity contribution in [3.63, 3.8) is 0 Å². The fraction of sp³-hybridized carbons (Fsp3) is 0.750. The van der Waals surface area contributed by atoms with Crippen molar-refractivity contribution >= 4 is 35.0 Å². The van der Waals surface area contributed by atoms with Crippen LogP contribution in [0.2, 0.25) is 36.3 Å². The molecule has 3 rings (SSSR count). The lowest BCUT2D eigenvalue weighted by atomic mass is 9.88. The third-order valence-corrected chi connectivity index (χ3v) is 19.3. The average Bonchev–Trinajstić information content (AvgIpc) is 3.65. The van der Waals surface area contributed by atoms with Gasteiger partial charge in [-0.1, -0.05) is 71.9 Å². The predicted octanol–water partition coefficient (Wildman–Crippen LogP) is 6.88. The number of nitrogens with one attached hydrogen (secondary N) is 1. The van der Waals surface area contributed by atoms with Crippen molar-refractivity contribution in [2.45, 2.75) is 111 Å². The number of carboxylic acid groups (broad SMARTS) is 1. The van der Waals surface area contributed by atoms with Gasteiger partial charge in [0, 0.05) is 19.6 Å². The molecule has 0 bridgehead atoms. The van der Waals surface area contributed by atoms with Crippen molar-refractivity contribution < 1.29 is 37.8 Å². The molecule has 2 saturated heterocycles. The zero-order chi connectivity index (χ0) is 36.9.